The van der Waals surface area contributed by atoms with Crippen LogP contribution in [0.25, 0.3) is 0 Å². The van der Waals surface area contributed by atoms with E-state index in [0.717, 1.165) is 5.82 Å². The molecule has 7 nitrogen and oxygen atoms in total. The van der Waals surface area contributed by atoms with Crippen LogP contribution >= 0.6 is 0 Å². The van der Waals surface area contributed by atoms with Crippen molar-refractivity contribution in [3.05, 3.63) is 12.1 Å². The number of rotatable bonds is 6. The number of nitrogens with zero attached hydrogens (tertiary/aromatic N) is 2. The predicted octanol–water partition coefficient (Wildman–Crippen LogP) is -0.610. The zero-order valence-electron chi connectivity index (χ0n) is 11.4. The van der Waals surface area contributed by atoms with Crippen LogP contribution in [-0.4, -0.2) is 58.8 Å². The molecular formula is C13H22N4O3. The lowest BCUT2D eigenvalue weighted by atomic mass is 10.1. The molecule has 0 radical (unpaired) electrons. The second kappa shape index (κ2) is 6.74. The molecule has 1 aliphatic rings. The van der Waals surface area contributed by atoms with Gasteiger partial charge in [-0.2, -0.15) is 0 Å². The van der Waals surface area contributed by atoms with Crippen molar-refractivity contribution in [1.29, 1.82) is 0 Å². The van der Waals surface area contributed by atoms with Crippen molar-refractivity contribution in [1.82, 2.24) is 4.98 Å². The number of β-amino-alcohol motifs (C(OH)–C–C–N with tert-alkyl or cyclic N) is 1. The van der Waals surface area contributed by atoms with Crippen LogP contribution in [0.4, 0.5) is 17.3 Å². The number of nitrogens with two attached hydrogens (primary N) is 1. The molecule has 7 heteroatoms. The fraction of sp³-hybridized carbons (Fsp3) is 0.615. The normalized spacial score (nSPS) is 22.2. The Morgan fingerprint density at radius 3 is 2.85 bits per heavy atom. The van der Waals surface area contributed by atoms with Crippen molar-refractivity contribution in [3.8, 4) is 0 Å². The lowest BCUT2D eigenvalue weighted by Crippen LogP contribution is -2.31. The molecule has 0 saturated carbocycles. The maximum absolute atomic E-state index is 9.80. The van der Waals surface area contributed by atoms with Gasteiger partial charge >= 0.3 is 0 Å². The molecule has 0 amide bonds. The second-order valence-electron chi connectivity index (χ2n) is 4.97. The SMILES string of the molecule is Nc1ccc(N2CC(O)CC2CCO)nc1NCCO. The van der Waals surface area contributed by atoms with Crippen LogP contribution in [0.5, 0.6) is 0 Å². The van der Waals surface area contributed by atoms with Gasteiger partial charge in [0.15, 0.2) is 5.82 Å². The molecule has 0 aliphatic carbocycles. The zero-order chi connectivity index (χ0) is 14.5. The number of pyridine rings is 1. The van der Waals surface area contributed by atoms with Crippen LogP contribution < -0.4 is 16.0 Å². The average molecular weight is 282 g/mol. The first-order valence-corrected chi connectivity index (χ1v) is 6.82. The van der Waals surface area contributed by atoms with Gasteiger partial charge in [-0.3, -0.25) is 0 Å². The number of hydrogen-bond donors (Lipinski definition) is 5. The molecule has 2 atom stereocenters. The van der Waals surface area contributed by atoms with Gasteiger partial charge in [0.2, 0.25) is 0 Å². The van der Waals surface area contributed by atoms with E-state index in [9.17, 15) is 5.11 Å². The quantitative estimate of drug-likeness (QED) is 0.473. The van der Waals surface area contributed by atoms with Crippen LogP contribution in [0.1, 0.15) is 12.8 Å². The van der Waals surface area contributed by atoms with Crippen LogP contribution in [-0.2, 0) is 0 Å². The maximum atomic E-state index is 9.80. The molecule has 6 N–H and O–H groups in total. The fourth-order valence-electron chi connectivity index (χ4n) is 2.53. The van der Waals surface area contributed by atoms with Crippen molar-refractivity contribution in [2.24, 2.45) is 0 Å². The second-order valence-corrected chi connectivity index (χ2v) is 4.97. The molecule has 0 spiro atoms. The van der Waals surface area contributed by atoms with Crippen LogP contribution in [0.2, 0.25) is 0 Å². The summed E-state index contributed by atoms with van der Waals surface area (Å²) in [6.45, 7) is 0.962. The topological polar surface area (TPSA) is 115 Å². The molecule has 2 unspecified atom stereocenters. The van der Waals surface area contributed by atoms with E-state index in [4.69, 9.17) is 15.9 Å². The molecule has 2 rings (SSSR count). The lowest BCUT2D eigenvalue weighted by molar-refractivity contribution is 0.190. The highest BCUT2D eigenvalue weighted by molar-refractivity contribution is 5.65. The van der Waals surface area contributed by atoms with Gasteiger partial charge in [-0.15, -0.1) is 0 Å². The molecule has 20 heavy (non-hydrogen) atoms. The van der Waals surface area contributed by atoms with Gasteiger partial charge in [-0.1, -0.05) is 0 Å². The summed E-state index contributed by atoms with van der Waals surface area (Å²) in [5.41, 5.74) is 6.35. The van der Waals surface area contributed by atoms with Crippen molar-refractivity contribution in [2.75, 3.05) is 42.3 Å². The van der Waals surface area contributed by atoms with E-state index in [1.54, 1.807) is 6.07 Å². The summed E-state index contributed by atoms with van der Waals surface area (Å²) in [6.07, 6.45) is 0.828. The van der Waals surface area contributed by atoms with E-state index in [0.29, 0.717) is 37.4 Å². The monoisotopic (exact) mass is 282 g/mol. The van der Waals surface area contributed by atoms with Gasteiger partial charge in [0.05, 0.1) is 18.4 Å². The summed E-state index contributed by atoms with van der Waals surface area (Å²) >= 11 is 0. The summed E-state index contributed by atoms with van der Waals surface area (Å²) in [6, 6.07) is 3.64. The molecule has 1 saturated heterocycles. The van der Waals surface area contributed by atoms with Crippen molar-refractivity contribution in [2.45, 2.75) is 25.0 Å². The van der Waals surface area contributed by atoms with Crippen LogP contribution in [0.15, 0.2) is 12.1 Å². The summed E-state index contributed by atoms with van der Waals surface area (Å²) in [4.78, 5) is 6.44. The molecular weight excluding hydrogens is 260 g/mol. The van der Waals surface area contributed by atoms with Crippen LogP contribution in [0.3, 0.4) is 0 Å². The Bertz CT molecular complexity index is 444. The minimum absolute atomic E-state index is 0.000906. The molecule has 1 aliphatic heterocycles. The van der Waals surface area contributed by atoms with E-state index in [2.05, 4.69) is 10.3 Å². The largest absolute Gasteiger partial charge is 0.396 e. The number of aliphatic hydroxyl groups is 3. The summed E-state index contributed by atoms with van der Waals surface area (Å²) in [5, 5.41) is 30.7. The number of nitrogens with one attached hydrogen (secondary N) is 1. The fourth-order valence-corrected chi connectivity index (χ4v) is 2.53. The first-order valence-electron chi connectivity index (χ1n) is 6.82. The van der Waals surface area contributed by atoms with Crippen molar-refractivity contribution < 1.29 is 15.3 Å². The van der Waals surface area contributed by atoms with Gasteiger partial charge in [-0.25, -0.2) is 4.98 Å². The third kappa shape index (κ3) is 3.30. The van der Waals surface area contributed by atoms with E-state index in [1.165, 1.54) is 0 Å². The Labute approximate surface area is 118 Å². The Morgan fingerprint density at radius 2 is 2.15 bits per heavy atom. The Hall–Kier alpha value is -1.57. The minimum atomic E-state index is -0.403. The lowest BCUT2D eigenvalue weighted by Gasteiger charge is -2.25. The van der Waals surface area contributed by atoms with Gasteiger partial charge in [0.25, 0.3) is 0 Å². The highest BCUT2D eigenvalue weighted by Crippen LogP contribution is 2.28. The van der Waals surface area contributed by atoms with Gasteiger partial charge < -0.3 is 31.3 Å². The minimum Gasteiger partial charge on any atom is -0.396 e. The third-order valence-electron chi connectivity index (χ3n) is 3.46. The number of aliphatic hydroxyl groups excluding tert-OH is 3. The maximum Gasteiger partial charge on any atom is 0.151 e. The Kier molecular flexibility index (Phi) is 4.99. The highest BCUT2D eigenvalue weighted by atomic mass is 16.3. The standard InChI is InChI=1S/C13H22N4O3/c14-11-1-2-12(16-13(11)15-4-6-19)17-8-10(20)7-9(17)3-5-18/h1-2,9-10,18-20H,3-8,14H2,(H,15,16). The third-order valence-corrected chi connectivity index (χ3v) is 3.46. The molecule has 1 fully saturated rings. The molecule has 112 valence electrons. The summed E-state index contributed by atoms with van der Waals surface area (Å²) < 4.78 is 0. The summed E-state index contributed by atoms with van der Waals surface area (Å²) in [5.74, 6) is 1.25. The first kappa shape index (κ1) is 14.8. The highest BCUT2D eigenvalue weighted by Gasteiger charge is 2.31. The number of nitrogen functional groups attached to an aromatic ring is 1. The zero-order valence-corrected chi connectivity index (χ0v) is 11.4. The number of aromatic nitrogens is 1. The van der Waals surface area contributed by atoms with Gasteiger partial charge in [0, 0.05) is 25.7 Å². The summed E-state index contributed by atoms with van der Waals surface area (Å²) in [7, 11) is 0. The average Bonchev–Trinajstić information content (AvgIpc) is 2.79. The Balaban J connectivity index is 2.18. The predicted molar refractivity (Wildman–Crippen MR) is 77.7 cm³/mol. The molecule has 1 aromatic heterocycles. The van der Waals surface area contributed by atoms with Crippen molar-refractivity contribution in [3.63, 3.8) is 0 Å². The molecule has 0 bridgehead atoms. The first-order chi connectivity index (χ1) is 9.65. The number of hydrogen-bond acceptors (Lipinski definition) is 7. The van der Waals surface area contributed by atoms with Gasteiger partial charge in [-0.05, 0) is 25.0 Å². The van der Waals surface area contributed by atoms with E-state index in [1.807, 2.05) is 11.0 Å². The number of anilines is 3. The van der Waals surface area contributed by atoms with Crippen LogP contribution in [0, 0.1) is 0 Å². The van der Waals surface area contributed by atoms with Crippen molar-refractivity contribution >= 4 is 17.3 Å². The van der Waals surface area contributed by atoms with E-state index < -0.39 is 6.10 Å². The Morgan fingerprint density at radius 1 is 1.35 bits per heavy atom. The van der Waals surface area contributed by atoms with E-state index in [-0.39, 0.29) is 19.3 Å². The van der Waals surface area contributed by atoms with Gasteiger partial charge in [0.1, 0.15) is 5.82 Å². The molecule has 2 heterocycles. The molecule has 0 aromatic carbocycles. The molecule has 1 aromatic rings. The van der Waals surface area contributed by atoms with E-state index >= 15 is 0 Å². The smallest absolute Gasteiger partial charge is 0.151 e.